The first-order chi connectivity index (χ1) is 49.9. The van der Waals surface area contributed by atoms with Crippen LogP contribution in [0.5, 0.6) is 0 Å². The molecule has 3 aromatic heterocycles. The van der Waals surface area contributed by atoms with Gasteiger partial charge < -0.3 is 5.32 Å². The molecule has 1 N–H and O–H groups in total. The molecule has 26 heteroatoms. The number of benzodiazepines with no additional fused rings is 1. The highest BCUT2D eigenvalue weighted by atomic mass is 79.9. The van der Waals surface area contributed by atoms with Crippen LogP contribution in [-0.2, 0) is 29.0 Å². The minimum Gasteiger partial charge on any atom is -0.324 e. The number of aliphatic imine (C=N–C) groups is 4. The van der Waals surface area contributed by atoms with Crippen LogP contribution >= 0.6 is 49.9 Å². The lowest BCUT2D eigenvalue weighted by Gasteiger charge is -2.13. The van der Waals surface area contributed by atoms with Crippen molar-refractivity contribution < 1.29 is 9.36 Å². The van der Waals surface area contributed by atoms with E-state index in [1.165, 1.54) is 0 Å². The largest absolute Gasteiger partial charge is 0.460 e. The second-order valence-electron chi connectivity index (χ2n) is 25.7. The first-order valence-corrected chi connectivity index (χ1v) is 43.8. The number of benzene rings is 8. The highest BCUT2D eigenvalue weighted by Crippen LogP contribution is 2.53. The zero-order valence-corrected chi connectivity index (χ0v) is 65.2. The lowest BCUT2D eigenvalue weighted by Crippen LogP contribution is -2.16. The summed E-state index contributed by atoms with van der Waals surface area (Å²) in [7, 11) is -2.54. The van der Waals surface area contributed by atoms with Crippen LogP contribution in [0.1, 0.15) is 105 Å². The molecule has 0 unspecified atom stereocenters. The van der Waals surface area contributed by atoms with Gasteiger partial charge in [-0.25, -0.2) is 4.57 Å². The number of terminal acetylenes is 2. The second kappa shape index (κ2) is 36.2. The Hall–Kier alpha value is -10.9. The van der Waals surface area contributed by atoms with Gasteiger partial charge in [-0.2, -0.15) is 0 Å². The van der Waals surface area contributed by atoms with Gasteiger partial charge in [-0.3, -0.25) is 38.5 Å². The maximum Gasteiger partial charge on any atom is 0.460 e. The number of carbonyl (C=O) groups is 1. The van der Waals surface area contributed by atoms with Gasteiger partial charge in [0.1, 0.15) is 59.8 Å². The summed E-state index contributed by atoms with van der Waals surface area (Å²) < 4.78 is 18.0. The Bertz CT molecular complexity index is 5360. The summed E-state index contributed by atoms with van der Waals surface area (Å²) in [6.07, 6.45) is 10.7. The first kappa shape index (κ1) is 80.8. The molecule has 106 heavy (non-hydrogen) atoms. The Morgan fingerprint density at radius 3 is 1.15 bits per heavy atom. The van der Waals surface area contributed by atoms with Crippen LogP contribution in [-0.4, -0.2) is 95.7 Å². The zero-order chi connectivity index (χ0) is 74.3. The van der Waals surface area contributed by atoms with E-state index >= 15 is 0 Å². The summed E-state index contributed by atoms with van der Waals surface area (Å²) in [6.45, 7) is 16.7. The van der Waals surface area contributed by atoms with Crippen LogP contribution in [0.2, 0.25) is 39.3 Å². The summed E-state index contributed by atoms with van der Waals surface area (Å²) in [5.74, 6) is 11.2. The lowest BCUT2D eigenvalue weighted by atomic mass is 9.98. The van der Waals surface area contributed by atoms with Crippen molar-refractivity contribution in [3.63, 3.8) is 0 Å². The van der Waals surface area contributed by atoms with Crippen LogP contribution in [0.4, 0.5) is 5.69 Å². The zero-order valence-electron chi connectivity index (χ0n) is 58.4. The van der Waals surface area contributed by atoms with E-state index in [9.17, 15) is 9.36 Å². The van der Waals surface area contributed by atoms with Crippen molar-refractivity contribution in [2.24, 2.45) is 29.9 Å². The summed E-state index contributed by atoms with van der Waals surface area (Å²) >= 11 is 11.5. The number of fused-ring (bicyclic) bond motifs is 10. The minimum atomic E-state index is -4.04. The fourth-order valence-electron chi connectivity index (χ4n) is 11.0. The smallest absolute Gasteiger partial charge is 0.324 e. The van der Waals surface area contributed by atoms with Crippen molar-refractivity contribution in [1.82, 2.24) is 44.3 Å². The number of nitrogens with one attached hydrogen (secondary N) is 1. The predicted octanol–water partition coefficient (Wildman–Crippen LogP) is 18.6. The van der Waals surface area contributed by atoms with E-state index in [1.54, 1.807) is 9.89 Å². The molecule has 0 saturated carbocycles. The molecule has 11 aromatic rings. The number of amides is 1. The molecule has 20 nitrogen and oxygen atoms in total. The van der Waals surface area contributed by atoms with Crippen LogP contribution in [0.15, 0.2) is 233 Å². The van der Waals surface area contributed by atoms with Crippen molar-refractivity contribution in [1.29, 1.82) is 0 Å². The molecule has 1 amide bonds. The molecule has 0 aliphatic carbocycles. The van der Waals surface area contributed by atoms with Gasteiger partial charge in [0.05, 0.1) is 45.6 Å². The Kier molecular flexibility index (Phi) is 27.6. The van der Waals surface area contributed by atoms with Crippen LogP contribution in [0, 0.1) is 66.4 Å². The molecular weight excluding hydrogens is 1530 g/mol. The van der Waals surface area contributed by atoms with Crippen LogP contribution < -0.4 is 5.32 Å². The number of anilines is 1. The Labute approximate surface area is 642 Å². The van der Waals surface area contributed by atoms with E-state index in [4.69, 9.17) is 37.6 Å². The molecule has 8 aromatic carbocycles. The third-order valence-electron chi connectivity index (χ3n) is 15.7. The van der Waals surface area contributed by atoms with E-state index in [0.717, 1.165) is 145 Å². The topological polar surface area (TPSA) is 247 Å². The van der Waals surface area contributed by atoms with Crippen molar-refractivity contribution in [2.45, 2.75) is 94.5 Å². The standard InChI is InChI=1S/C22H22N4Si.C19H14N4.C17H13BrN4.C15H11BrN2O.C5H10Si.2CH4.ClN2O3P/c1-16-24-25-21-15-23-22(18-8-6-5-7-9-18)19-14-17(12-13-27(2,3)4)10-11-20(19)26(16)21;1-3-14-9-10-17-16(11-14)19(15-7-5-4-6-8-15)20-12-18-22-21-13(2)23(17)18;1-11-20-21-16-10-19-17(12-5-3-2-4-6-12)14-9-13(18)7-8-15(14)22(11)16;16-11-6-7-13-12(8-11)15(17-9-14(19)18-13)10-4-2-1-3-5-10;1-5-6(2,3)4;;;1-7(6,2-4)3-5/h5-11,14H,15H2,1-4H3;1,4-11H,12H2,2H3;2-9H,10H2,1H3;1-8H,9H2,(H,18,19);1H,2-4H3;2*1H4;. The lowest BCUT2D eigenvalue weighted by molar-refractivity contribution is -0.114. The molecule has 0 fully saturated rings. The Balaban J connectivity index is 0.000000169. The Morgan fingerprint density at radius 1 is 0.462 bits per heavy atom. The molecule has 4 aliphatic rings. The molecule has 15 rings (SSSR count). The normalized spacial score (nSPS) is 12.6. The highest BCUT2D eigenvalue weighted by Gasteiger charge is 2.26. The molecule has 0 radical (unpaired) electrons. The van der Waals surface area contributed by atoms with E-state index in [0.29, 0.717) is 19.6 Å². The number of hydrogen-bond acceptors (Lipinski definition) is 14. The van der Waals surface area contributed by atoms with E-state index in [1.807, 2.05) is 148 Å². The number of hydrogen-bond donors (Lipinski definition) is 1. The van der Waals surface area contributed by atoms with Crippen LogP contribution in [0.3, 0.4) is 0 Å². The molecule has 7 heterocycles. The van der Waals surface area contributed by atoms with Gasteiger partial charge in [-0.15, -0.1) is 64.3 Å². The molecule has 4 aliphatic heterocycles. The van der Waals surface area contributed by atoms with Gasteiger partial charge in [0.2, 0.25) is 5.91 Å². The molecule has 0 atom stereocenters. The third kappa shape index (κ3) is 20.3. The van der Waals surface area contributed by atoms with Gasteiger partial charge in [0.15, 0.2) is 17.5 Å². The first-order valence-electron chi connectivity index (χ1n) is 32.6. The fourth-order valence-corrected chi connectivity index (χ4v) is 12.2. The van der Waals surface area contributed by atoms with Gasteiger partial charge in [0, 0.05) is 74.5 Å². The van der Waals surface area contributed by atoms with Crippen molar-refractivity contribution in [3.8, 4) is 52.8 Å². The monoisotopic (exact) mass is 1610 g/mol. The number of carbonyl (C=O) groups excluding carboxylic acids is 1. The molecule has 536 valence electrons. The van der Waals surface area contributed by atoms with E-state index < -0.39 is 22.9 Å². The molecule has 0 saturated heterocycles. The molecule has 0 spiro atoms. The molecular formula is C80H78Br2ClN16O4PSi2. The van der Waals surface area contributed by atoms with Gasteiger partial charge >= 0.3 is 6.80 Å². The number of halogens is 3. The maximum atomic E-state index is 11.7. The quantitative estimate of drug-likeness (QED) is 0.0713. The summed E-state index contributed by atoms with van der Waals surface area (Å²) in [4.78, 5) is 52.3. The number of aryl methyl sites for hydroxylation is 3. The average molecular weight is 1610 g/mol. The average Bonchev–Trinajstić information content (AvgIpc) is 1.61. The highest BCUT2D eigenvalue weighted by molar-refractivity contribution is 9.10. The van der Waals surface area contributed by atoms with Gasteiger partial charge in [-0.1, -0.05) is 219 Å². The fraction of sp³-hybridized carbons (Fsp3) is 0.188. The minimum absolute atomic E-state index is 0. The number of rotatable bonds is 6. The summed E-state index contributed by atoms with van der Waals surface area (Å²) in [6, 6.07) is 65.0. The van der Waals surface area contributed by atoms with Crippen molar-refractivity contribution >= 4 is 100 Å². The van der Waals surface area contributed by atoms with Gasteiger partial charge in [-0.05, 0) is 105 Å². The number of nitroso groups, excluding NO2 is 2. The van der Waals surface area contributed by atoms with Crippen LogP contribution in [0.25, 0.3) is 17.1 Å². The number of nitrogens with zero attached hydrogens (tertiary/aromatic N) is 15. The third-order valence-corrected chi connectivity index (χ3v) is 19.2. The SMILES string of the molecule is C.C.C#C[Si](C)(C)C.C#Cc1ccc2c(c1)C(c1ccccc1)=NCc1nnc(C)n1-2.Cc1nnc2n1-c1ccc(Br)cc1C(c1ccccc1)=NC2.Cc1nnc2n1-c1ccc(C#C[Si](C)(C)C)cc1C(c1ccccc1)=NC2.O=C1CN=C(c2ccccc2)c2cc(Br)ccc2N1.O=NP(=O)(Cl)N=O. The summed E-state index contributed by atoms with van der Waals surface area (Å²) in [5.41, 5.74) is 24.1. The van der Waals surface area contributed by atoms with E-state index in [2.05, 4.69) is 227 Å². The van der Waals surface area contributed by atoms with Crippen molar-refractivity contribution in [2.75, 3.05) is 11.9 Å². The Morgan fingerprint density at radius 2 is 0.792 bits per heavy atom. The van der Waals surface area contributed by atoms with Gasteiger partial charge in [0.25, 0.3) is 0 Å². The number of aromatic nitrogens is 9. The second-order valence-corrected chi connectivity index (χ2v) is 39.6. The predicted molar refractivity (Wildman–Crippen MR) is 442 cm³/mol. The summed E-state index contributed by atoms with van der Waals surface area (Å²) in [5, 5.41) is 28.3. The van der Waals surface area contributed by atoms with E-state index in [-0.39, 0.29) is 27.3 Å². The molecule has 0 bridgehead atoms. The maximum absolute atomic E-state index is 11.7. The van der Waals surface area contributed by atoms with Crippen molar-refractivity contribution in [3.05, 3.63) is 303 Å².